The Kier molecular flexibility index (Phi) is 3.76. The molecule has 0 saturated heterocycles. The third-order valence-electron chi connectivity index (χ3n) is 2.03. The first-order chi connectivity index (χ1) is 6.09. The molecule has 72 valence electrons. The molecule has 0 amide bonds. The molecule has 0 aliphatic carbocycles. The standard InChI is InChI=1S/C11H15ClO/c1-8-3-6-11(12)10(7-8)5-4-9(2)13/h3,6-7,9,13H,4-5H2,1-2H3. The van der Waals surface area contributed by atoms with Gasteiger partial charge < -0.3 is 5.11 Å². The molecular weight excluding hydrogens is 184 g/mol. The van der Waals surface area contributed by atoms with Crippen LogP contribution < -0.4 is 0 Å². The molecule has 1 N–H and O–H groups in total. The first kappa shape index (κ1) is 10.6. The van der Waals surface area contributed by atoms with Crippen molar-refractivity contribution in [3.05, 3.63) is 34.3 Å². The van der Waals surface area contributed by atoms with E-state index in [1.165, 1.54) is 5.56 Å². The second-order valence-electron chi connectivity index (χ2n) is 3.48. The molecule has 1 aromatic carbocycles. The number of aryl methyl sites for hydroxylation is 2. The molecule has 0 heterocycles. The first-order valence-electron chi connectivity index (χ1n) is 4.52. The maximum absolute atomic E-state index is 9.13. The van der Waals surface area contributed by atoms with Crippen LogP contribution in [0.3, 0.4) is 0 Å². The van der Waals surface area contributed by atoms with Gasteiger partial charge in [0.25, 0.3) is 0 Å². The van der Waals surface area contributed by atoms with E-state index >= 15 is 0 Å². The van der Waals surface area contributed by atoms with Crippen molar-refractivity contribution >= 4 is 11.6 Å². The van der Waals surface area contributed by atoms with Crippen LogP contribution in [0.1, 0.15) is 24.5 Å². The smallest absolute Gasteiger partial charge is 0.0515 e. The lowest BCUT2D eigenvalue weighted by atomic mass is 10.1. The number of halogens is 1. The molecule has 1 nitrogen and oxygen atoms in total. The predicted molar refractivity (Wildman–Crippen MR) is 56.2 cm³/mol. The molecule has 0 aromatic heterocycles. The lowest BCUT2D eigenvalue weighted by molar-refractivity contribution is 0.185. The largest absolute Gasteiger partial charge is 0.393 e. The number of hydrogen-bond donors (Lipinski definition) is 1. The average Bonchev–Trinajstić information content (AvgIpc) is 2.06. The Hall–Kier alpha value is -0.530. The lowest BCUT2D eigenvalue weighted by Gasteiger charge is -2.06. The minimum Gasteiger partial charge on any atom is -0.393 e. The van der Waals surface area contributed by atoms with Gasteiger partial charge in [-0.05, 0) is 38.3 Å². The number of aliphatic hydroxyl groups is 1. The summed E-state index contributed by atoms with van der Waals surface area (Å²) >= 11 is 6.00. The van der Waals surface area contributed by atoms with Crippen molar-refractivity contribution in [2.24, 2.45) is 0 Å². The third-order valence-corrected chi connectivity index (χ3v) is 2.40. The topological polar surface area (TPSA) is 20.2 Å². The van der Waals surface area contributed by atoms with E-state index in [-0.39, 0.29) is 6.10 Å². The molecular formula is C11H15ClO. The Morgan fingerprint density at radius 2 is 2.15 bits per heavy atom. The monoisotopic (exact) mass is 198 g/mol. The summed E-state index contributed by atoms with van der Waals surface area (Å²) in [7, 11) is 0. The summed E-state index contributed by atoms with van der Waals surface area (Å²) in [5.41, 5.74) is 2.34. The second kappa shape index (κ2) is 4.64. The van der Waals surface area contributed by atoms with E-state index in [9.17, 15) is 0 Å². The van der Waals surface area contributed by atoms with Gasteiger partial charge in [-0.25, -0.2) is 0 Å². The molecule has 13 heavy (non-hydrogen) atoms. The van der Waals surface area contributed by atoms with Gasteiger partial charge in [0.2, 0.25) is 0 Å². The van der Waals surface area contributed by atoms with Gasteiger partial charge in [0.05, 0.1) is 6.10 Å². The van der Waals surface area contributed by atoms with E-state index < -0.39 is 0 Å². The summed E-state index contributed by atoms with van der Waals surface area (Å²) in [5.74, 6) is 0. The average molecular weight is 199 g/mol. The van der Waals surface area contributed by atoms with Crippen LogP contribution in [0.4, 0.5) is 0 Å². The minimum absolute atomic E-state index is 0.253. The Morgan fingerprint density at radius 1 is 1.46 bits per heavy atom. The van der Waals surface area contributed by atoms with Crippen LogP contribution >= 0.6 is 11.6 Å². The van der Waals surface area contributed by atoms with Gasteiger partial charge in [0.1, 0.15) is 0 Å². The molecule has 0 radical (unpaired) electrons. The van der Waals surface area contributed by atoms with Crippen LogP contribution in [-0.4, -0.2) is 11.2 Å². The Labute approximate surface area is 84.4 Å². The van der Waals surface area contributed by atoms with Crippen molar-refractivity contribution in [2.75, 3.05) is 0 Å². The van der Waals surface area contributed by atoms with E-state index in [1.807, 2.05) is 19.1 Å². The molecule has 0 fully saturated rings. The molecule has 0 spiro atoms. The summed E-state index contributed by atoms with van der Waals surface area (Å²) in [6, 6.07) is 5.98. The van der Waals surface area contributed by atoms with Crippen LogP contribution in [0.2, 0.25) is 5.02 Å². The molecule has 0 aliphatic heterocycles. The van der Waals surface area contributed by atoms with Gasteiger partial charge in [-0.2, -0.15) is 0 Å². The zero-order valence-corrected chi connectivity index (χ0v) is 8.80. The van der Waals surface area contributed by atoms with Crippen molar-refractivity contribution in [1.82, 2.24) is 0 Å². The number of benzene rings is 1. The van der Waals surface area contributed by atoms with E-state index in [4.69, 9.17) is 16.7 Å². The van der Waals surface area contributed by atoms with E-state index in [0.29, 0.717) is 0 Å². The maximum Gasteiger partial charge on any atom is 0.0515 e. The highest BCUT2D eigenvalue weighted by atomic mass is 35.5. The molecule has 2 heteroatoms. The third kappa shape index (κ3) is 3.37. The SMILES string of the molecule is Cc1ccc(Cl)c(CCC(C)O)c1. The van der Waals surface area contributed by atoms with Gasteiger partial charge in [-0.1, -0.05) is 29.3 Å². The van der Waals surface area contributed by atoms with Gasteiger partial charge in [0.15, 0.2) is 0 Å². The van der Waals surface area contributed by atoms with Gasteiger partial charge in [-0.3, -0.25) is 0 Å². The highest BCUT2D eigenvalue weighted by Gasteiger charge is 2.02. The van der Waals surface area contributed by atoms with Crippen LogP contribution in [0.25, 0.3) is 0 Å². The van der Waals surface area contributed by atoms with Crippen LogP contribution in [0.15, 0.2) is 18.2 Å². The van der Waals surface area contributed by atoms with Crippen molar-refractivity contribution in [1.29, 1.82) is 0 Å². The van der Waals surface area contributed by atoms with Gasteiger partial charge >= 0.3 is 0 Å². The molecule has 0 saturated carbocycles. The zero-order valence-electron chi connectivity index (χ0n) is 8.05. The number of rotatable bonds is 3. The first-order valence-corrected chi connectivity index (χ1v) is 4.90. The fraction of sp³-hybridized carbons (Fsp3) is 0.455. The summed E-state index contributed by atoms with van der Waals surface area (Å²) in [4.78, 5) is 0. The normalized spacial score (nSPS) is 12.9. The molecule has 1 atom stereocenters. The molecule has 1 rings (SSSR count). The van der Waals surface area contributed by atoms with Crippen LogP contribution in [0.5, 0.6) is 0 Å². The fourth-order valence-corrected chi connectivity index (χ4v) is 1.47. The van der Waals surface area contributed by atoms with Gasteiger partial charge in [-0.15, -0.1) is 0 Å². The van der Waals surface area contributed by atoms with Crippen LogP contribution in [0, 0.1) is 6.92 Å². The van der Waals surface area contributed by atoms with Crippen molar-refractivity contribution in [3.63, 3.8) is 0 Å². The van der Waals surface area contributed by atoms with Crippen LogP contribution in [-0.2, 0) is 6.42 Å². The highest BCUT2D eigenvalue weighted by molar-refractivity contribution is 6.31. The second-order valence-corrected chi connectivity index (χ2v) is 3.89. The van der Waals surface area contributed by atoms with E-state index in [1.54, 1.807) is 6.92 Å². The van der Waals surface area contributed by atoms with Gasteiger partial charge in [0, 0.05) is 5.02 Å². The number of aliphatic hydroxyl groups excluding tert-OH is 1. The van der Waals surface area contributed by atoms with Crippen molar-refractivity contribution < 1.29 is 5.11 Å². The lowest BCUT2D eigenvalue weighted by Crippen LogP contribution is -2.01. The predicted octanol–water partition coefficient (Wildman–Crippen LogP) is 2.96. The molecule has 1 unspecified atom stereocenters. The minimum atomic E-state index is -0.253. The Balaban J connectivity index is 2.70. The summed E-state index contributed by atoms with van der Waals surface area (Å²) in [5, 5.41) is 9.93. The summed E-state index contributed by atoms with van der Waals surface area (Å²) in [6.07, 6.45) is 1.36. The molecule has 1 aromatic rings. The summed E-state index contributed by atoms with van der Waals surface area (Å²) in [6.45, 7) is 3.84. The van der Waals surface area contributed by atoms with E-state index in [2.05, 4.69) is 6.07 Å². The van der Waals surface area contributed by atoms with E-state index in [0.717, 1.165) is 23.4 Å². The van der Waals surface area contributed by atoms with Crippen molar-refractivity contribution in [2.45, 2.75) is 32.8 Å². The zero-order chi connectivity index (χ0) is 9.84. The highest BCUT2D eigenvalue weighted by Crippen LogP contribution is 2.19. The Morgan fingerprint density at radius 3 is 2.77 bits per heavy atom. The number of hydrogen-bond acceptors (Lipinski definition) is 1. The maximum atomic E-state index is 9.13. The molecule has 0 aliphatic rings. The summed E-state index contributed by atoms with van der Waals surface area (Å²) < 4.78 is 0. The fourth-order valence-electron chi connectivity index (χ4n) is 1.26. The molecule has 0 bridgehead atoms. The van der Waals surface area contributed by atoms with Crippen molar-refractivity contribution in [3.8, 4) is 0 Å². The quantitative estimate of drug-likeness (QED) is 0.792. The Bertz CT molecular complexity index is 281.